The van der Waals surface area contributed by atoms with Crippen molar-refractivity contribution in [1.29, 1.82) is 0 Å². The molecule has 8 heteroatoms. The first-order valence-electron chi connectivity index (χ1n) is 9.33. The normalized spacial score (nSPS) is 18.7. The molecule has 154 valence electrons. The van der Waals surface area contributed by atoms with E-state index < -0.39 is 40.9 Å². The number of amides is 3. The molecule has 0 spiro atoms. The Morgan fingerprint density at radius 1 is 1.11 bits per heavy atom. The average Bonchev–Trinajstić information content (AvgIpc) is 2.97. The number of nitrogens with zero attached hydrogens (tertiary/aromatic N) is 1. The van der Waals surface area contributed by atoms with E-state index in [-0.39, 0.29) is 18.7 Å². The molecule has 3 amide bonds. The maximum atomic E-state index is 13.0. The lowest BCUT2D eigenvalue weighted by molar-refractivity contribution is -0.155. The lowest BCUT2D eigenvalue weighted by Gasteiger charge is -2.35. The zero-order valence-electron chi connectivity index (χ0n) is 17.3. The third kappa shape index (κ3) is 7.19. The van der Waals surface area contributed by atoms with Crippen LogP contribution < -0.4 is 11.1 Å². The van der Waals surface area contributed by atoms with E-state index in [2.05, 4.69) is 5.32 Å². The lowest BCUT2D eigenvalue weighted by atomic mass is 9.85. The summed E-state index contributed by atoms with van der Waals surface area (Å²) < 4.78 is 5.18. The molecule has 2 atom stereocenters. The number of nitrogens with two attached hydrogens (primary N) is 1. The smallest absolute Gasteiger partial charge is 0.306 e. The molecule has 2 unspecified atom stereocenters. The van der Waals surface area contributed by atoms with E-state index in [1.807, 2.05) is 20.8 Å². The van der Waals surface area contributed by atoms with Crippen LogP contribution in [0.5, 0.6) is 0 Å². The molecule has 1 aliphatic heterocycles. The minimum Gasteiger partial charge on any atom is -0.460 e. The molecule has 27 heavy (non-hydrogen) atoms. The summed E-state index contributed by atoms with van der Waals surface area (Å²) in [5.74, 6) is -1.74. The van der Waals surface area contributed by atoms with Crippen LogP contribution in [0.25, 0.3) is 0 Å². The second-order valence-electron chi connectivity index (χ2n) is 9.05. The van der Waals surface area contributed by atoms with E-state index in [0.29, 0.717) is 19.4 Å². The number of esters is 1. The third-order valence-corrected chi connectivity index (χ3v) is 4.26. The van der Waals surface area contributed by atoms with Gasteiger partial charge in [-0.15, -0.1) is 0 Å². The quantitative estimate of drug-likeness (QED) is 0.666. The predicted molar refractivity (Wildman–Crippen MR) is 100 cm³/mol. The van der Waals surface area contributed by atoms with Gasteiger partial charge in [0.05, 0.1) is 6.42 Å². The number of nitrogens with one attached hydrogen (secondary N) is 1. The zero-order valence-corrected chi connectivity index (χ0v) is 17.3. The Hall–Kier alpha value is -2.12. The van der Waals surface area contributed by atoms with Crippen LogP contribution in [-0.2, 0) is 23.9 Å². The van der Waals surface area contributed by atoms with Crippen LogP contribution in [-0.4, -0.2) is 52.8 Å². The van der Waals surface area contributed by atoms with E-state index in [4.69, 9.17) is 10.5 Å². The van der Waals surface area contributed by atoms with Crippen LogP contribution in [0.3, 0.4) is 0 Å². The van der Waals surface area contributed by atoms with Gasteiger partial charge in [0.2, 0.25) is 17.7 Å². The van der Waals surface area contributed by atoms with Crippen LogP contribution in [0.4, 0.5) is 0 Å². The van der Waals surface area contributed by atoms with Crippen molar-refractivity contribution in [3.63, 3.8) is 0 Å². The second-order valence-corrected chi connectivity index (χ2v) is 9.05. The van der Waals surface area contributed by atoms with Gasteiger partial charge in [-0.25, -0.2) is 0 Å². The van der Waals surface area contributed by atoms with Gasteiger partial charge in [-0.05, 0) is 39.0 Å². The van der Waals surface area contributed by atoms with Gasteiger partial charge in [-0.1, -0.05) is 20.8 Å². The molecule has 8 nitrogen and oxygen atoms in total. The molecule has 3 N–H and O–H groups in total. The molecule has 0 aromatic rings. The van der Waals surface area contributed by atoms with Crippen molar-refractivity contribution < 1.29 is 23.9 Å². The van der Waals surface area contributed by atoms with Crippen molar-refractivity contribution in [3.8, 4) is 0 Å². The molecule has 0 aromatic heterocycles. The molecule has 0 bridgehead atoms. The number of primary amides is 1. The Kier molecular flexibility index (Phi) is 7.40. The van der Waals surface area contributed by atoms with E-state index in [1.165, 1.54) is 4.90 Å². The van der Waals surface area contributed by atoms with Crippen LogP contribution in [0.2, 0.25) is 0 Å². The standard InChI is InChI=1S/C19H33N3O5/c1-18(2,3)15(17(26)22-11-7-8-12(22)16(20)25)21-13(23)9-10-14(24)27-19(4,5)6/h12,15H,7-11H2,1-6H3,(H2,20,25)(H,21,23). The first-order valence-corrected chi connectivity index (χ1v) is 9.33. The molecule has 1 fully saturated rings. The highest BCUT2D eigenvalue weighted by molar-refractivity contribution is 5.93. The van der Waals surface area contributed by atoms with Crippen molar-refractivity contribution in [1.82, 2.24) is 10.2 Å². The van der Waals surface area contributed by atoms with Crippen molar-refractivity contribution in [2.45, 2.75) is 84.9 Å². The Balaban J connectivity index is 2.75. The molecule has 1 rings (SSSR count). The molecule has 0 saturated carbocycles. The van der Waals surface area contributed by atoms with E-state index in [0.717, 1.165) is 0 Å². The molecule has 1 heterocycles. The number of carbonyl (C=O) groups excluding carboxylic acids is 4. The van der Waals surface area contributed by atoms with Crippen molar-refractivity contribution >= 4 is 23.7 Å². The summed E-state index contributed by atoms with van der Waals surface area (Å²) in [6, 6.07) is -1.45. The summed E-state index contributed by atoms with van der Waals surface area (Å²) in [6.07, 6.45) is 1.09. The van der Waals surface area contributed by atoms with Crippen molar-refractivity contribution in [3.05, 3.63) is 0 Å². The molecular weight excluding hydrogens is 350 g/mol. The second kappa shape index (κ2) is 8.71. The zero-order chi connectivity index (χ0) is 21.0. The van der Waals surface area contributed by atoms with Crippen LogP contribution in [0, 0.1) is 5.41 Å². The summed E-state index contributed by atoms with van der Waals surface area (Å²) >= 11 is 0. The number of rotatable bonds is 6. The highest BCUT2D eigenvalue weighted by Gasteiger charge is 2.41. The van der Waals surface area contributed by atoms with E-state index in [9.17, 15) is 19.2 Å². The SMILES string of the molecule is CC(C)(C)OC(=O)CCC(=O)NC(C(=O)N1CCCC1C(N)=O)C(C)(C)C. The van der Waals surface area contributed by atoms with E-state index in [1.54, 1.807) is 20.8 Å². The fourth-order valence-electron chi connectivity index (χ4n) is 2.98. The largest absolute Gasteiger partial charge is 0.460 e. The molecular formula is C19H33N3O5. The number of hydrogen-bond donors (Lipinski definition) is 2. The Morgan fingerprint density at radius 2 is 1.70 bits per heavy atom. The molecule has 1 aliphatic rings. The van der Waals surface area contributed by atoms with Gasteiger partial charge in [0.1, 0.15) is 17.7 Å². The van der Waals surface area contributed by atoms with Gasteiger partial charge < -0.3 is 20.7 Å². The molecule has 1 saturated heterocycles. The van der Waals surface area contributed by atoms with Crippen LogP contribution in [0.1, 0.15) is 67.2 Å². The van der Waals surface area contributed by atoms with Gasteiger partial charge in [0.15, 0.2) is 0 Å². The highest BCUT2D eigenvalue weighted by atomic mass is 16.6. The third-order valence-electron chi connectivity index (χ3n) is 4.26. The minimum atomic E-state index is -0.816. The van der Waals surface area contributed by atoms with E-state index >= 15 is 0 Å². The Morgan fingerprint density at radius 3 is 2.19 bits per heavy atom. The number of ether oxygens (including phenoxy) is 1. The minimum absolute atomic E-state index is 0.0677. The summed E-state index contributed by atoms with van der Waals surface area (Å²) in [5.41, 5.74) is 4.22. The summed E-state index contributed by atoms with van der Waals surface area (Å²) in [4.78, 5) is 50.1. The maximum Gasteiger partial charge on any atom is 0.306 e. The fourth-order valence-corrected chi connectivity index (χ4v) is 2.98. The number of hydrogen-bond acceptors (Lipinski definition) is 5. The summed E-state index contributed by atoms with van der Waals surface area (Å²) in [7, 11) is 0. The summed E-state index contributed by atoms with van der Waals surface area (Å²) in [6.45, 7) is 11.2. The molecule has 0 aliphatic carbocycles. The lowest BCUT2D eigenvalue weighted by Crippen LogP contribution is -2.57. The van der Waals surface area contributed by atoms with Gasteiger partial charge >= 0.3 is 5.97 Å². The first kappa shape index (κ1) is 22.9. The topological polar surface area (TPSA) is 119 Å². The fraction of sp³-hybridized carbons (Fsp3) is 0.789. The Labute approximate surface area is 161 Å². The monoisotopic (exact) mass is 383 g/mol. The highest BCUT2D eigenvalue weighted by Crippen LogP contribution is 2.25. The predicted octanol–water partition coefficient (Wildman–Crippen LogP) is 1.12. The molecule has 0 radical (unpaired) electrons. The summed E-state index contributed by atoms with van der Waals surface area (Å²) in [5, 5.41) is 2.72. The van der Waals surface area contributed by atoms with Gasteiger partial charge in [0, 0.05) is 13.0 Å². The van der Waals surface area contributed by atoms with Crippen LogP contribution in [0.15, 0.2) is 0 Å². The molecule has 0 aromatic carbocycles. The van der Waals surface area contributed by atoms with Gasteiger partial charge in [-0.2, -0.15) is 0 Å². The van der Waals surface area contributed by atoms with Crippen molar-refractivity contribution in [2.24, 2.45) is 11.1 Å². The number of carbonyl (C=O) groups is 4. The van der Waals surface area contributed by atoms with Gasteiger partial charge in [0.25, 0.3) is 0 Å². The van der Waals surface area contributed by atoms with Gasteiger partial charge in [-0.3, -0.25) is 19.2 Å². The average molecular weight is 383 g/mol. The Bertz CT molecular complexity index is 589. The number of likely N-dealkylation sites (tertiary alicyclic amines) is 1. The van der Waals surface area contributed by atoms with Crippen LogP contribution >= 0.6 is 0 Å². The maximum absolute atomic E-state index is 13.0. The first-order chi connectivity index (χ1) is 12.2. The van der Waals surface area contributed by atoms with Crippen molar-refractivity contribution in [2.75, 3.05) is 6.54 Å².